The average molecular weight is 380 g/mol. The van der Waals surface area contributed by atoms with Crippen LogP contribution in [0.1, 0.15) is 103 Å². The first kappa shape index (κ1) is 23.7. The summed E-state index contributed by atoms with van der Waals surface area (Å²) in [4.78, 5) is 24.7. The first-order valence-electron chi connectivity index (χ1n) is 11.2. The molecule has 0 unspecified atom stereocenters. The number of nitrogens with zero attached hydrogens (tertiary/aromatic N) is 1. The van der Waals surface area contributed by atoms with E-state index < -0.39 is 0 Å². The molecule has 1 aliphatic rings. The number of amides is 1. The van der Waals surface area contributed by atoms with E-state index in [0.29, 0.717) is 18.1 Å². The molecule has 0 bridgehead atoms. The molecule has 0 aromatic carbocycles. The maximum absolute atomic E-state index is 11.5. The number of esters is 1. The lowest BCUT2D eigenvalue weighted by molar-refractivity contribution is -0.139. The molecule has 0 aliphatic carbocycles. The zero-order chi connectivity index (χ0) is 19.7. The lowest BCUT2D eigenvalue weighted by atomic mass is 10.0. The van der Waals surface area contributed by atoms with Crippen molar-refractivity contribution in [3.63, 3.8) is 0 Å². The highest BCUT2D eigenvalue weighted by Crippen LogP contribution is 2.14. The van der Waals surface area contributed by atoms with Crippen LogP contribution in [0.2, 0.25) is 0 Å². The van der Waals surface area contributed by atoms with Crippen molar-refractivity contribution in [3.8, 4) is 0 Å². The molecule has 0 atom stereocenters. The van der Waals surface area contributed by atoms with Gasteiger partial charge in [0.15, 0.2) is 0 Å². The Morgan fingerprint density at radius 1 is 0.889 bits per heavy atom. The van der Waals surface area contributed by atoms with Gasteiger partial charge in [0.2, 0.25) is 5.91 Å². The van der Waals surface area contributed by atoms with Gasteiger partial charge in [-0.1, -0.05) is 77.2 Å². The minimum atomic E-state index is -0.267. The number of ether oxygens (including phenoxy) is 1. The number of carbonyl (C=O) groups excluding carboxylic acids is 2. The van der Waals surface area contributed by atoms with E-state index in [1.807, 2.05) is 4.90 Å². The van der Waals surface area contributed by atoms with E-state index in [1.54, 1.807) is 6.92 Å². The first-order chi connectivity index (χ1) is 13.1. The molecule has 156 valence electrons. The smallest absolute Gasteiger partial charge is 0.333 e. The van der Waals surface area contributed by atoms with Crippen LogP contribution in [0.4, 0.5) is 0 Å². The van der Waals surface area contributed by atoms with Crippen LogP contribution >= 0.6 is 0 Å². The summed E-state index contributed by atoms with van der Waals surface area (Å²) >= 11 is 0. The summed E-state index contributed by atoms with van der Waals surface area (Å²) in [7, 11) is 0. The van der Waals surface area contributed by atoms with Gasteiger partial charge in [-0.05, 0) is 26.2 Å². The van der Waals surface area contributed by atoms with Gasteiger partial charge in [0.25, 0.3) is 0 Å². The molecule has 1 rings (SSSR count). The molecular formula is C23H41NO3. The van der Waals surface area contributed by atoms with Crippen LogP contribution in [0.15, 0.2) is 12.2 Å². The Labute approximate surface area is 166 Å². The Morgan fingerprint density at radius 3 is 1.81 bits per heavy atom. The molecule has 1 amide bonds. The number of hydrogen-bond acceptors (Lipinski definition) is 3. The normalized spacial score (nSPS) is 14.0. The van der Waals surface area contributed by atoms with E-state index >= 15 is 0 Å². The van der Waals surface area contributed by atoms with Crippen molar-refractivity contribution in [1.82, 2.24) is 4.90 Å². The molecular weight excluding hydrogens is 338 g/mol. The van der Waals surface area contributed by atoms with E-state index in [1.165, 1.54) is 70.6 Å². The summed E-state index contributed by atoms with van der Waals surface area (Å²) in [5.41, 5.74) is 0.480. The van der Waals surface area contributed by atoms with Gasteiger partial charge in [-0.15, -0.1) is 0 Å². The quantitative estimate of drug-likeness (QED) is 0.182. The highest BCUT2D eigenvalue weighted by Gasteiger charge is 2.18. The zero-order valence-corrected chi connectivity index (χ0v) is 17.6. The van der Waals surface area contributed by atoms with Crippen LogP contribution in [0, 0.1) is 0 Å². The summed E-state index contributed by atoms with van der Waals surface area (Å²) in [5, 5.41) is 0. The highest BCUT2D eigenvalue weighted by molar-refractivity contribution is 5.86. The second-order valence-corrected chi connectivity index (χ2v) is 8.00. The Morgan fingerprint density at radius 2 is 1.37 bits per heavy atom. The topological polar surface area (TPSA) is 46.6 Å². The van der Waals surface area contributed by atoms with E-state index in [-0.39, 0.29) is 5.97 Å². The van der Waals surface area contributed by atoms with Gasteiger partial charge >= 0.3 is 5.97 Å². The summed E-state index contributed by atoms with van der Waals surface area (Å²) in [6.45, 7) is 7.75. The van der Waals surface area contributed by atoms with Crippen LogP contribution in [-0.2, 0) is 14.3 Å². The van der Waals surface area contributed by atoms with Crippen molar-refractivity contribution in [3.05, 3.63) is 12.2 Å². The molecule has 1 fully saturated rings. The van der Waals surface area contributed by atoms with Crippen LogP contribution < -0.4 is 0 Å². The van der Waals surface area contributed by atoms with Crippen molar-refractivity contribution in [2.24, 2.45) is 0 Å². The largest absolute Gasteiger partial charge is 0.462 e. The maximum atomic E-state index is 11.5. The Bertz CT molecular complexity index is 433. The Balaban J connectivity index is 1.71. The predicted molar refractivity (Wildman–Crippen MR) is 112 cm³/mol. The molecule has 1 saturated heterocycles. The van der Waals surface area contributed by atoms with E-state index in [9.17, 15) is 9.59 Å². The number of carbonyl (C=O) groups is 2. The average Bonchev–Trinajstić information content (AvgIpc) is 3.05. The number of likely N-dealkylation sites (tertiary alicyclic amines) is 1. The fraction of sp³-hybridized carbons (Fsp3) is 0.826. The second kappa shape index (κ2) is 15.7. The number of unbranched alkanes of at least 4 members (excludes halogenated alkanes) is 12. The van der Waals surface area contributed by atoms with Gasteiger partial charge in [0, 0.05) is 25.1 Å². The maximum Gasteiger partial charge on any atom is 0.333 e. The third-order valence-electron chi connectivity index (χ3n) is 5.33. The third kappa shape index (κ3) is 12.6. The van der Waals surface area contributed by atoms with Gasteiger partial charge in [-0.25, -0.2) is 4.79 Å². The summed E-state index contributed by atoms with van der Waals surface area (Å²) in [6, 6.07) is 0. The number of hydrogen-bond donors (Lipinski definition) is 0. The standard InChI is InChI=1S/C23H41NO3/c1-21(2)23(26)27-20-15-13-11-9-7-5-3-4-6-8-10-12-14-18-24-19-16-17-22(24)25/h1,3-20H2,2H3. The molecule has 27 heavy (non-hydrogen) atoms. The Hall–Kier alpha value is -1.32. The van der Waals surface area contributed by atoms with E-state index in [2.05, 4.69) is 6.58 Å². The predicted octanol–water partition coefficient (Wildman–Crippen LogP) is 5.80. The lowest BCUT2D eigenvalue weighted by Crippen LogP contribution is -2.25. The summed E-state index contributed by atoms with van der Waals surface area (Å²) < 4.78 is 5.09. The fourth-order valence-corrected chi connectivity index (χ4v) is 3.58. The zero-order valence-electron chi connectivity index (χ0n) is 17.6. The highest BCUT2D eigenvalue weighted by atomic mass is 16.5. The second-order valence-electron chi connectivity index (χ2n) is 8.00. The van der Waals surface area contributed by atoms with Crippen molar-refractivity contribution >= 4 is 11.9 Å². The first-order valence-corrected chi connectivity index (χ1v) is 11.2. The summed E-state index contributed by atoms with van der Waals surface area (Å²) in [6.07, 6.45) is 18.3. The van der Waals surface area contributed by atoms with Crippen LogP contribution in [0.25, 0.3) is 0 Å². The molecule has 0 N–H and O–H groups in total. The molecule has 4 nitrogen and oxygen atoms in total. The summed E-state index contributed by atoms with van der Waals surface area (Å²) in [5.74, 6) is 0.0953. The molecule has 1 aliphatic heterocycles. The molecule has 0 spiro atoms. The molecule has 4 heteroatoms. The van der Waals surface area contributed by atoms with Crippen molar-refractivity contribution in [2.75, 3.05) is 19.7 Å². The van der Waals surface area contributed by atoms with Crippen molar-refractivity contribution in [2.45, 2.75) is 103 Å². The van der Waals surface area contributed by atoms with E-state index in [4.69, 9.17) is 4.74 Å². The Kier molecular flexibility index (Phi) is 13.8. The monoisotopic (exact) mass is 379 g/mol. The molecule has 0 aromatic heterocycles. The minimum absolute atomic E-state index is 0.267. The minimum Gasteiger partial charge on any atom is -0.462 e. The van der Waals surface area contributed by atoms with Crippen LogP contribution in [0.5, 0.6) is 0 Å². The van der Waals surface area contributed by atoms with Gasteiger partial charge in [-0.2, -0.15) is 0 Å². The van der Waals surface area contributed by atoms with E-state index in [0.717, 1.165) is 38.8 Å². The molecule has 0 saturated carbocycles. The lowest BCUT2D eigenvalue weighted by Gasteiger charge is -2.14. The third-order valence-corrected chi connectivity index (χ3v) is 5.33. The molecule has 0 aromatic rings. The van der Waals surface area contributed by atoms with Gasteiger partial charge in [-0.3, -0.25) is 4.79 Å². The molecule has 0 radical (unpaired) electrons. The van der Waals surface area contributed by atoms with Gasteiger partial charge < -0.3 is 9.64 Å². The SMILES string of the molecule is C=C(C)C(=O)OCCCCCCCCCCCCCCCN1CCCC1=O. The van der Waals surface area contributed by atoms with Crippen LogP contribution in [0.3, 0.4) is 0 Å². The molecule has 1 heterocycles. The van der Waals surface area contributed by atoms with Crippen molar-refractivity contribution in [1.29, 1.82) is 0 Å². The fourth-order valence-electron chi connectivity index (χ4n) is 3.58. The number of rotatable bonds is 17. The van der Waals surface area contributed by atoms with Gasteiger partial charge in [0.1, 0.15) is 0 Å². The van der Waals surface area contributed by atoms with Crippen LogP contribution in [-0.4, -0.2) is 36.5 Å². The van der Waals surface area contributed by atoms with Gasteiger partial charge in [0.05, 0.1) is 6.61 Å². The van der Waals surface area contributed by atoms with Crippen molar-refractivity contribution < 1.29 is 14.3 Å².